The van der Waals surface area contributed by atoms with Crippen molar-refractivity contribution in [3.05, 3.63) is 21.7 Å². The topological polar surface area (TPSA) is 50.2 Å². The minimum Gasteiger partial charge on any atom is -0.478 e. The number of rotatable bonds is 5. The molecule has 3 nitrogen and oxygen atoms in total. The summed E-state index contributed by atoms with van der Waals surface area (Å²) < 4.78 is 0. The first-order valence-corrected chi connectivity index (χ1v) is 7.15. The van der Waals surface area contributed by atoms with Crippen LogP contribution in [0.1, 0.15) is 35.3 Å². The zero-order valence-electron chi connectivity index (χ0n) is 9.56. The fraction of sp³-hybridized carbons (Fsp3) is 0.455. The first-order chi connectivity index (χ1) is 7.54. The van der Waals surface area contributed by atoms with E-state index in [0.717, 1.165) is 21.3 Å². The van der Waals surface area contributed by atoms with Gasteiger partial charge in [0.15, 0.2) is 0 Å². The summed E-state index contributed by atoms with van der Waals surface area (Å²) in [6, 6.07) is 0. The number of hydrogen-bond acceptors (Lipinski definition) is 4. The summed E-state index contributed by atoms with van der Waals surface area (Å²) >= 11 is 3.29. The lowest BCUT2D eigenvalue weighted by Crippen LogP contribution is -1.91. The Hall–Kier alpha value is -0.810. The maximum Gasteiger partial charge on any atom is 0.328 e. The SMILES string of the molecule is CSCc1nc(C(C)C)c(/C=C/C(=O)O)s1. The van der Waals surface area contributed by atoms with Gasteiger partial charge in [-0.25, -0.2) is 9.78 Å². The van der Waals surface area contributed by atoms with Crippen molar-refractivity contribution in [3.63, 3.8) is 0 Å². The smallest absolute Gasteiger partial charge is 0.328 e. The van der Waals surface area contributed by atoms with Crippen LogP contribution in [0.25, 0.3) is 6.08 Å². The van der Waals surface area contributed by atoms with Crippen LogP contribution >= 0.6 is 23.1 Å². The predicted molar refractivity (Wildman–Crippen MR) is 70.1 cm³/mol. The number of aromatic nitrogens is 1. The molecule has 1 aromatic heterocycles. The van der Waals surface area contributed by atoms with Crippen LogP contribution in [0.5, 0.6) is 0 Å². The predicted octanol–water partition coefficient (Wildman–Crippen LogP) is 3.23. The second-order valence-corrected chi connectivity index (χ2v) is 5.60. The second-order valence-electron chi connectivity index (χ2n) is 3.62. The second kappa shape index (κ2) is 6.06. The Morgan fingerprint density at radius 1 is 1.62 bits per heavy atom. The van der Waals surface area contributed by atoms with Gasteiger partial charge in [-0.05, 0) is 18.2 Å². The lowest BCUT2D eigenvalue weighted by molar-refractivity contribution is -0.131. The van der Waals surface area contributed by atoms with E-state index in [0.29, 0.717) is 5.92 Å². The summed E-state index contributed by atoms with van der Waals surface area (Å²) in [5.41, 5.74) is 0.992. The van der Waals surface area contributed by atoms with E-state index in [4.69, 9.17) is 5.11 Å². The normalized spacial score (nSPS) is 11.5. The number of carboxylic acids is 1. The number of nitrogens with zero attached hydrogens (tertiary/aromatic N) is 1. The fourth-order valence-corrected chi connectivity index (χ4v) is 3.08. The highest BCUT2D eigenvalue weighted by molar-refractivity contribution is 7.97. The van der Waals surface area contributed by atoms with E-state index < -0.39 is 5.97 Å². The van der Waals surface area contributed by atoms with Crippen LogP contribution in [0.2, 0.25) is 0 Å². The van der Waals surface area contributed by atoms with E-state index in [-0.39, 0.29) is 0 Å². The molecule has 0 radical (unpaired) electrons. The Bertz CT molecular complexity index is 397. The van der Waals surface area contributed by atoms with Crippen molar-refractivity contribution in [2.24, 2.45) is 0 Å². The maximum absolute atomic E-state index is 10.5. The van der Waals surface area contributed by atoms with Gasteiger partial charge in [-0.3, -0.25) is 0 Å². The number of thiazole rings is 1. The zero-order chi connectivity index (χ0) is 12.1. The van der Waals surface area contributed by atoms with E-state index >= 15 is 0 Å². The van der Waals surface area contributed by atoms with Gasteiger partial charge < -0.3 is 5.11 Å². The van der Waals surface area contributed by atoms with Crippen molar-refractivity contribution in [2.45, 2.75) is 25.5 Å². The summed E-state index contributed by atoms with van der Waals surface area (Å²) in [4.78, 5) is 16.0. The summed E-state index contributed by atoms with van der Waals surface area (Å²) in [5, 5.41) is 9.66. The summed E-state index contributed by atoms with van der Waals surface area (Å²) in [5.74, 6) is 0.278. The molecule has 0 amide bonds. The summed E-state index contributed by atoms with van der Waals surface area (Å²) in [6.45, 7) is 4.13. The van der Waals surface area contributed by atoms with Crippen LogP contribution in [-0.4, -0.2) is 22.3 Å². The molecule has 0 aliphatic rings. The van der Waals surface area contributed by atoms with Gasteiger partial charge in [0.05, 0.1) is 10.6 Å². The first kappa shape index (κ1) is 13.3. The highest BCUT2D eigenvalue weighted by Gasteiger charge is 2.12. The Kier molecular flexibility index (Phi) is 5.02. The van der Waals surface area contributed by atoms with Gasteiger partial charge in [-0.2, -0.15) is 11.8 Å². The molecule has 16 heavy (non-hydrogen) atoms. The Balaban J connectivity index is 3.00. The molecule has 0 bridgehead atoms. The van der Waals surface area contributed by atoms with Crippen LogP contribution in [0, 0.1) is 0 Å². The third kappa shape index (κ3) is 3.64. The van der Waals surface area contributed by atoms with Gasteiger partial charge in [-0.1, -0.05) is 13.8 Å². The Labute approximate surface area is 104 Å². The number of hydrogen-bond donors (Lipinski definition) is 1. The van der Waals surface area contributed by atoms with Crippen molar-refractivity contribution in [2.75, 3.05) is 6.26 Å². The molecule has 1 aromatic rings. The molecule has 1 rings (SSSR count). The van der Waals surface area contributed by atoms with Gasteiger partial charge >= 0.3 is 5.97 Å². The third-order valence-electron chi connectivity index (χ3n) is 1.92. The van der Waals surface area contributed by atoms with E-state index in [1.54, 1.807) is 29.2 Å². The largest absolute Gasteiger partial charge is 0.478 e. The molecule has 1 heterocycles. The molecule has 5 heteroatoms. The summed E-state index contributed by atoms with van der Waals surface area (Å²) in [6.07, 6.45) is 4.84. The van der Waals surface area contributed by atoms with E-state index in [9.17, 15) is 4.79 Å². The van der Waals surface area contributed by atoms with Crippen molar-refractivity contribution >= 4 is 35.1 Å². The molecule has 0 aliphatic carbocycles. The molecule has 0 saturated carbocycles. The summed E-state index contributed by atoms with van der Waals surface area (Å²) in [7, 11) is 0. The quantitative estimate of drug-likeness (QED) is 0.823. The van der Waals surface area contributed by atoms with E-state index in [2.05, 4.69) is 18.8 Å². The minimum atomic E-state index is -0.922. The monoisotopic (exact) mass is 257 g/mol. The van der Waals surface area contributed by atoms with Crippen molar-refractivity contribution in [1.29, 1.82) is 0 Å². The first-order valence-electron chi connectivity index (χ1n) is 4.94. The number of carboxylic acid groups (broad SMARTS) is 1. The Morgan fingerprint density at radius 3 is 2.81 bits per heavy atom. The van der Waals surface area contributed by atoms with Crippen molar-refractivity contribution in [3.8, 4) is 0 Å². The minimum absolute atomic E-state index is 0.320. The van der Waals surface area contributed by atoms with Crippen LogP contribution in [0.3, 0.4) is 0 Å². The maximum atomic E-state index is 10.5. The van der Waals surface area contributed by atoms with Crippen LogP contribution in [0.15, 0.2) is 6.08 Å². The standard InChI is InChI=1S/C11H15NO2S2/c1-7(2)11-8(4-5-10(13)14)16-9(12-11)6-15-3/h4-5,7H,6H2,1-3H3,(H,13,14)/b5-4+. The lowest BCUT2D eigenvalue weighted by atomic mass is 10.1. The fourth-order valence-electron chi connectivity index (χ4n) is 1.26. The molecule has 1 N–H and O–H groups in total. The molecular weight excluding hydrogens is 242 g/mol. The van der Waals surface area contributed by atoms with Gasteiger partial charge in [0, 0.05) is 11.8 Å². The van der Waals surface area contributed by atoms with E-state index in [1.807, 2.05) is 6.26 Å². The molecule has 0 spiro atoms. The van der Waals surface area contributed by atoms with Gasteiger partial charge in [0.25, 0.3) is 0 Å². The number of aliphatic carboxylic acids is 1. The zero-order valence-corrected chi connectivity index (χ0v) is 11.2. The van der Waals surface area contributed by atoms with E-state index in [1.165, 1.54) is 6.08 Å². The van der Waals surface area contributed by atoms with Crippen molar-refractivity contribution < 1.29 is 9.90 Å². The molecule has 0 aliphatic heterocycles. The van der Waals surface area contributed by atoms with Crippen molar-refractivity contribution in [1.82, 2.24) is 4.98 Å². The van der Waals surface area contributed by atoms with Gasteiger partial charge in [0.1, 0.15) is 5.01 Å². The van der Waals surface area contributed by atoms with Gasteiger partial charge in [0.2, 0.25) is 0 Å². The number of thioether (sulfide) groups is 1. The highest BCUT2D eigenvalue weighted by atomic mass is 32.2. The number of carbonyl (C=O) groups is 1. The lowest BCUT2D eigenvalue weighted by Gasteiger charge is -2.00. The van der Waals surface area contributed by atoms with Crippen LogP contribution < -0.4 is 0 Å². The molecular formula is C11H15NO2S2. The molecule has 0 atom stereocenters. The molecule has 0 fully saturated rings. The Morgan fingerprint density at radius 2 is 2.31 bits per heavy atom. The average Bonchev–Trinajstić information content (AvgIpc) is 2.59. The average molecular weight is 257 g/mol. The third-order valence-corrected chi connectivity index (χ3v) is 3.70. The molecule has 0 aromatic carbocycles. The van der Waals surface area contributed by atoms with Crippen LogP contribution in [0.4, 0.5) is 0 Å². The van der Waals surface area contributed by atoms with Gasteiger partial charge in [-0.15, -0.1) is 11.3 Å². The van der Waals surface area contributed by atoms with Crippen LogP contribution in [-0.2, 0) is 10.5 Å². The molecule has 0 unspecified atom stereocenters. The molecule has 88 valence electrons. The molecule has 0 saturated heterocycles. The highest BCUT2D eigenvalue weighted by Crippen LogP contribution is 2.28.